The number of ether oxygens (including phenoxy) is 2. The normalized spacial score (nSPS) is 11.1. The molecular weight excluding hydrogens is 422 g/mol. The molecule has 9 nitrogen and oxygen atoms in total. The van der Waals surface area contributed by atoms with E-state index in [1.54, 1.807) is 37.3 Å². The number of amides is 2. The van der Waals surface area contributed by atoms with Crippen LogP contribution in [0, 0.1) is 6.92 Å². The number of hydrogen-bond acceptors (Lipinski definition) is 6. The molecule has 0 radical (unpaired) electrons. The molecule has 0 heterocycles. The molecule has 0 unspecified atom stereocenters. The molecule has 2 aromatic rings. The van der Waals surface area contributed by atoms with Gasteiger partial charge in [-0.05, 0) is 55.8 Å². The summed E-state index contributed by atoms with van der Waals surface area (Å²) in [6, 6.07) is 10.9. The van der Waals surface area contributed by atoms with Crippen LogP contribution in [0.4, 0.5) is 5.69 Å². The van der Waals surface area contributed by atoms with Gasteiger partial charge in [-0.3, -0.25) is 9.59 Å². The van der Waals surface area contributed by atoms with E-state index in [-0.39, 0.29) is 36.1 Å². The summed E-state index contributed by atoms with van der Waals surface area (Å²) < 4.78 is 37.4. The van der Waals surface area contributed by atoms with Gasteiger partial charge in [-0.25, -0.2) is 13.1 Å². The van der Waals surface area contributed by atoms with Crippen LogP contribution < -0.4 is 20.1 Å². The molecular formula is C21H27N3O6S. The summed E-state index contributed by atoms with van der Waals surface area (Å²) >= 11 is 0. The van der Waals surface area contributed by atoms with Gasteiger partial charge < -0.3 is 20.1 Å². The number of aryl methyl sites for hydroxylation is 1. The quantitative estimate of drug-likeness (QED) is 0.449. The molecule has 0 aromatic heterocycles. The Hall–Kier alpha value is -2.95. The average Bonchev–Trinajstić information content (AvgIpc) is 2.73. The van der Waals surface area contributed by atoms with E-state index >= 15 is 0 Å². The summed E-state index contributed by atoms with van der Waals surface area (Å²) in [5, 5.41) is 5.36. The van der Waals surface area contributed by atoms with Crippen LogP contribution in [-0.2, 0) is 19.6 Å². The molecule has 3 N–H and O–H groups in total. The highest BCUT2D eigenvalue weighted by atomic mass is 32.2. The van der Waals surface area contributed by atoms with Crippen molar-refractivity contribution in [2.45, 2.75) is 18.7 Å². The summed E-state index contributed by atoms with van der Waals surface area (Å²) in [5.74, 6) is -0.181. The number of carbonyl (C=O) groups excluding carboxylic acids is 2. The molecule has 0 saturated heterocycles. The van der Waals surface area contributed by atoms with Crippen LogP contribution in [0.3, 0.4) is 0 Å². The summed E-state index contributed by atoms with van der Waals surface area (Å²) in [6.07, 6.45) is 0. The molecule has 0 spiro atoms. The Bertz CT molecular complexity index is 1010. The third-order valence-electron chi connectivity index (χ3n) is 4.22. The SMILES string of the molecule is CCNC(=O)COc1ccc(NC(=O)c2cc(S(=O)(=O)NCCOC)ccc2C)cc1. The van der Waals surface area contributed by atoms with Crippen molar-refractivity contribution in [2.75, 3.05) is 38.7 Å². The molecule has 0 fully saturated rings. The number of carbonyl (C=O) groups is 2. The topological polar surface area (TPSA) is 123 Å². The molecule has 0 aliphatic carbocycles. The Morgan fingerprint density at radius 2 is 1.77 bits per heavy atom. The predicted octanol–water partition coefficient (Wildman–Crippen LogP) is 1.69. The zero-order chi connectivity index (χ0) is 22.9. The average molecular weight is 450 g/mol. The van der Waals surface area contributed by atoms with E-state index in [0.717, 1.165) is 0 Å². The fraction of sp³-hybridized carbons (Fsp3) is 0.333. The first-order valence-corrected chi connectivity index (χ1v) is 11.1. The number of hydrogen-bond donors (Lipinski definition) is 3. The number of methoxy groups -OCH3 is 1. The van der Waals surface area contributed by atoms with E-state index in [0.29, 0.717) is 23.5 Å². The first kappa shape index (κ1) is 24.3. The first-order chi connectivity index (χ1) is 14.8. The zero-order valence-electron chi connectivity index (χ0n) is 17.7. The van der Waals surface area contributed by atoms with E-state index < -0.39 is 15.9 Å². The lowest BCUT2D eigenvalue weighted by molar-refractivity contribution is -0.122. The van der Waals surface area contributed by atoms with Gasteiger partial charge in [-0.15, -0.1) is 0 Å². The van der Waals surface area contributed by atoms with Crippen molar-refractivity contribution in [3.05, 3.63) is 53.6 Å². The van der Waals surface area contributed by atoms with Crippen LogP contribution in [0.15, 0.2) is 47.4 Å². The number of nitrogens with one attached hydrogen (secondary N) is 3. The second-order valence-corrected chi connectivity index (χ2v) is 8.35. The van der Waals surface area contributed by atoms with Crippen LogP contribution >= 0.6 is 0 Å². The summed E-state index contributed by atoms with van der Waals surface area (Å²) in [7, 11) is -2.28. The molecule has 10 heteroatoms. The number of likely N-dealkylation sites (N-methyl/N-ethyl adjacent to an activating group) is 1. The maximum atomic E-state index is 12.7. The fourth-order valence-electron chi connectivity index (χ4n) is 2.60. The molecule has 2 aromatic carbocycles. The number of sulfonamides is 1. The van der Waals surface area contributed by atoms with Gasteiger partial charge in [0, 0.05) is 31.5 Å². The first-order valence-electron chi connectivity index (χ1n) is 9.67. The van der Waals surface area contributed by atoms with Crippen molar-refractivity contribution in [2.24, 2.45) is 0 Å². The van der Waals surface area contributed by atoms with Crippen molar-refractivity contribution < 1.29 is 27.5 Å². The largest absolute Gasteiger partial charge is 0.484 e. The molecule has 31 heavy (non-hydrogen) atoms. The van der Waals surface area contributed by atoms with Gasteiger partial charge in [0.2, 0.25) is 10.0 Å². The van der Waals surface area contributed by atoms with Gasteiger partial charge in [-0.1, -0.05) is 6.07 Å². The Balaban J connectivity index is 2.07. The Morgan fingerprint density at radius 1 is 1.06 bits per heavy atom. The van der Waals surface area contributed by atoms with E-state index in [1.807, 2.05) is 6.92 Å². The van der Waals surface area contributed by atoms with E-state index in [2.05, 4.69) is 15.4 Å². The second kappa shape index (κ2) is 11.4. The lowest BCUT2D eigenvalue weighted by Gasteiger charge is -2.12. The fourth-order valence-corrected chi connectivity index (χ4v) is 3.64. The van der Waals surface area contributed by atoms with Gasteiger partial charge in [0.1, 0.15) is 5.75 Å². The number of benzene rings is 2. The monoisotopic (exact) mass is 449 g/mol. The Kier molecular flexibility index (Phi) is 8.98. The predicted molar refractivity (Wildman–Crippen MR) is 117 cm³/mol. The van der Waals surface area contributed by atoms with Crippen LogP contribution in [0.25, 0.3) is 0 Å². The van der Waals surface area contributed by atoms with Crippen molar-refractivity contribution in [3.8, 4) is 5.75 Å². The third-order valence-corrected chi connectivity index (χ3v) is 5.68. The molecule has 2 rings (SSSR count). The second-order valence-electron chi connectivity index (χ2n) is 6.59. The molecule has 0 atom stereocenters. The van der Waals surface area contributed by atoms with Gasteiger partial charge in [0.15, 0.2) is 6.61 Å². The number of rotatable bonds is 11. The molecule has 0 aliphatic rings. The maximum absolute atomic E-state index is 12.7. The van der Waals surface area contributed by atoms with Crippen LogP contribution in [-0.4, -0.2) is 53.6 Å². The van der Waals surface area contributed by atoms with Crippen molar-refractivity contribution >= 4 is 27.5 Å². The Morgan fingerprint density at radius 3 is 2.42 bits per heavy atom. The minimum absolute atomic E-state index is 0.00606. The van der Waals surface area contributed by atoms with Gasteiger partial charge in [0.05, 0.1) is 11.5 Å². The summed E-state index contributed by atoms with van der Waals surface area (Å²) in [5.41, 5.74) is 1.38. The Labute approximate surface area is 182 Å². The zero-order valence-corrected chi connectivity index (χ0v) is 18.5. The lowest BCUT2D eigenvalue weighted by atomic mass is 10.1. The highest BCUT2D eigenvalue weighted by Crippen LogP contribution is 2.19. The van der Waals surface area contributed by atoms with Crippen LogP contribution in [0.2, 0.25) is 0 Å². The summed E-state index contributed by atoms with van der Waals surface area (Å²) in [6.45, 7) is 4.34. The minimum Gasteiger partial charge on any atom is -0.484 e. The van der Waals surface area contributed by atoms with Crippen molar-refractivity contribution in [1.82, 2.24) is 10.0 Å². The molecule has 0 bridgehead atoms. The summed E-state index contributed by atoms with van der Waals surface area (Å²) in [4.78, 5) is 24.2. The van der Waals surface area contributed by atoms with E-state index in [1.165, 1.54) is 19.2 Å². The van der Waals surface area contributed by atoms with E-state index in [9.17, 15) is 18.0 Å². The van der Waals surface area contributed by atoms with Crippen LogP contribution in [0.5, 0.6) is 5.75 Å². The molecule has 0 aliphatic heterocycles. The smallest absolute Gasteiger partial charge is 0.257 e. The van der Waals surface area contributed by atoms with Crippen molar-refractivity contribution in [1.29, 1.82) is 0 Å². The maximum Gasteiger partial charge on any atom is 0.257 e. The highest BCUT2D eigenvalue weighted by Gasteiger charge is 2.18. The van der Waals surface area contributed by atoms with Crippen LogP contribution in [0.1, 0.15) is 22.8 Å². The lowest BCUT2D eigenvalue weighted by Crippen LogP contribution is -2.28. The van der Waals surface area contributed by atoms with Gasteiger partial charge in [0.25, 0.3) is 11.8 Å². The minimum atomic E-state index is -3.76. The molecule has 168 valence electrons. The van der Waals surface area contributed by atoms with Gasteiger partial charge in [-0.2, -0.15) is 0 Å². The number of anilines is 1. The van der Waals surface area contributed by atoms with Gasteiger partial charge >= 0.3 is 0 Å². The molecule has 0 saturated carbocycles. The highest BCUT2D eigenvalue weighted by molar-refractivity contribution is 7.89. The standard InChI is InChI=1S/C21H27N3O6S/c1-4-22-20(25)14-30-17-8-6-16(7-9-17)24-21(26)19-13-18(10-5-15(19)2)31(27,28)23-11-12-29-3/h5-10,13,23H,4,11-12,14H2,1-3H3,(H,22,25)(H,24,26). The third kappa shape index (κ3) is 7.35. The molecule has 2 amide bonds. The van der Waals surface area contributed by atoms with Crippen molar-refractivity contribution in [3.63, 3.8) is 0 Å². The van der Waals surface area contributed by atoms with E-state index in [4.69, 9.17) is 9.47 Å².